The Morgan fingerprint density at radius 2 is 1.75 bits per heavy atom. The number of hydrogen-bond donors (Lipinski definition) is 1. The number of alkyl halides is 3. The second-order valence-corrected chi connectivity index (χ2v) is 8.67. The Morgan fingerprint density at radius 1 is 0.969 bits per heavy atom. The lowest BCUT2D eigenvalue weighted by molar-refractivity contribution is -0.137. The molecule has 0 aromatic heterocycles. The van der Waals surface area contributed by atoms with Crippen LogP contribution < -0.4 is 5.32 Å². The highest BCUT2D eigenvalue weighted by Gasteiger charge is 2.32. The molecule has 2 aliphatic heterocycles. The predicted molar refractivity (Wildman–Crippen MR) is 115 cm³/mol. The molecule has 2 aromatic carbocycles. The zero-order chi connectivity index (χ0) is 22.3. The summed E-state index contributed by atoms with van der Waals surface area (Å²) in [6, 6.07) is 11.3. The third kappa shape index (κ3) is 4.70. The Labute approximate surface area is 188 Å². The highest BCUT2D eigenvalue weighted by molar-refractivity contribution is 6.30. The van der Waals surface area contributed by atoms with Crippen molar-refractivity contribution in [1.82, 2.24) is 5.32 Å². The van der Waals surface area contributed by atoms with Gasteiger partial charge in [-0.15, -0.1) is 0 Å². The highest BCUT2D eigenvalue weighted by Crippen LogP contribution is 2.45. The Balaban J connectivity index is 1.24. The van der Waals surface area contributed by atoms with Crippen molar-refractivity contribution >= 4 is 23.6 Å². The van der Waals surface area contributed by atoms with E-state index in [1.165, 1.54) is 11.6 Å². The summed E-state index contributed by atoms with van der Waals surface area (Å²) in [5.74, 6) is 0.537. The van der Waals surface area contributed by atoms with E-state index in [0.717, 1.165) is 35.6 Å². The van der Waals surface area contributed by atoms with E-state index in [9.17, 15) is 13.2 Å². The minimum atomic E-state index is -4.36. The summed E-state index contributed by atoms with van der Waals surface area (Å²) in [6.07, 6.45) is -1.70. The van der Waals surface area contributed by atoms with Gasteiger partial charge in [0.1, 0.15) is 19.3 Å². The largest absolute Gasteiger partial charge is 0.463 e. The van der Waals surface area contributed by atoms with Crippen LogP contribution >= 0.6 is 11.6 Å². The summed E-state index contributed by atoms with van der Waals surface area (Å²) in [5, 5.41) is 3.67. The molecular formula is C23H21ClF3N3O2. The predicted octanol–water partition coefficient (Wildman–Crippen LogP) is 5.25. The van der Waals surface area contributed by atoms with Gasteiger partial charge in [0.25, 0.3) is 12.0 Å². The van der Waals surface area contributed by atoms with E-state index < -0.39 is 11.7 Å². The van der Waals surface area contributed by atoms with Gasteiger partial charge in [-0.05, 0) is 60.1 Å². The molecule has 2 unspecified atom stereocenters. The number of rotatable bonds is 4. The normalized spacial score (nSPS) is 22.8. The summed E-state index contributed by atoms with van der Waals surface area (Å²) in [7, 11) is 0. The van der Waals surface area contributed by atoms with E-state index in [0.29, 0.717) is 30.5 Å². The molecule has 1 saturated carbocycles. The zero-order valence-electron chi connectivity index (χ0n) is 17.0. The molecule has 0 saturated heterocycles. The number of halogens is 4. The van der Waals surface area contributed by atoms with Crippen molar-refractivity contribution in [3.05, 3.63) is 69.7 Å². The van der Waals surface area contributed by atoms with Crippen molar-refractivity contribution in [1.29, 1.82) is 0 Å². The Bertz CT molecular complexity index is 1080. The molecule has 0 amide bonds. The van der Waals surface area contributed by atoms with Crippen LogP contribution in [0.2, 0.25) is 5.02 Å². The van der Waals surface area contributed by atoms with Gasteiger partial charge in [-0.2, -0.15) is 13.2 Å². The molecule has 168 valence electrons. The molecule has 2 atom stereocenters. The van der Waals surface area contributed by atoms with Gasteiger partial charge in [0.05, 0.1) is 11.6 Å². The molecule has 0 spiro atoms. The molecule has 2 aromatic rings. The van der Waals surface area contributed by atoms with Crippen LogP contribution in [-0.4, -0.2) is 31.3 Å². The van der Waals surface area contributed by atoms with Gasteiger partial charge >= 0.3 is 6.18 Å². The smallest absolute Gasteiger partial charge is 0.416 e. The van der Waals surface area contributed by atoms with Crippen molar-refractivity contribution < 1.29 is 22.6 Å². The molecule has 9 heteroatoms. The summed E-state index contributed by atoms with van der Waals surface area (Å²) >= 11 is 6.17. The number of benzene rings is 2. The molecule has 0 bridgehead atoms. The average Bonchev–Trinajstić information content (AvgIpc) is 3.35. The van der Waals surface area contributed by atoms with Crippen LogP contribution in [0.1, 0.15) is 47.1 Å². The minimum Gasteiger partial charge on any atom is -0.463 e. The monoisotopic (exact) mass is 463 g/mol. The van der Waals surface area contributed by atoms with Crippen LogP contribution in [0.15, 0.2) is 52.4 Å². The first-order valence-corrected chi connectivity index (χ1v) is 10.9. The number of aliphatic imine (C=N–C) groups is 2. The van der Waals surface area contributed by atoms with E-state index in [1.54, 1.807) is 6.07 Å². The maximum absolute atomic E-state index is 12.9. The van der Waals surface area contributed by atoms with Gasteiger partial charge in [-0.25, -0.2) is 9.98 Å². The number of nitrogens with one attached hydrogen (secondary N) is 1. The molecule has 1 aliphatic carbocycles. The minimum absolute atomic E-state index is 0.131. The van der Waals surface area contributed by atoms with Crippen LogP contribution in [0.4, 0.5) is 13.2 Å². The van der Waals surface area contributed by atoms with Crippen molar-refractivity contribution in [2.75, 3.05) is 13.2 Å². The standard InChI is InChI=1S/C23H21ClF3N3O2/c24-16-6-7-18(19(10-16)14-4-5-14)20-12-32-22(29-20)30-21-28-17(11-31-21)9-13-2-1-3-15(8-13)23(25,26)27/h1-3,6-8,10,14,17,20H,4-5,9,11-12H2,(H,28,29,30). The Hall–Kier alpha value is -2.74. The third-order valence-corrected chi connectivity index (χ3v) is 5.96. The summed E-state index contributed by atoms with van der Waals surface area (Å²) in [6.45, 7) is 0.683. The first kappa shape index (κ1) is 21.1. The van der Waals surface area contributed by atoms with E-state index in [4.69, 9.17) is 21.1 Å². The third-order valence-electron chi connectivity index (χ3n) is 5.73. The fourth-order valence-corrected chi connectivity index (χ4v) is 4.21. The average molecular weight is 464 g/mol. The van der Waals surface area contributed by atoms with Crippen LogP contribution in [-0.2, 0) is 22.1 Å². The van der Waals surface area contributed by atoms with E-state index >= 15 is 0 Å². The zero-order valence-corrected chi connectivity index (χ0v) is 17.8. The molecule has 0 radical (unpaired) electrons. The number of hydrogen-bond acceptors (Lipinski definition) is 5. The lowest BCUT2D eigenvalue weighted by Gasteiger charge is -2.12. The van der Waals surface area contributed by atoms with Crippen molar-refractivity contribution in [3.8, 4) is 0 Å². The van der Waals surface area contributed by atoms with Gasteiger partial charge < -0.3 is 9.47 Å². The van der Waals surface area contributed by atoms with Crippen molar-refractivity contribution in [2.24, 2.45) is 9.98 Å². The lowest BCUT2D eigenvalue weighted by atomic mass is 9.98. The van der Waals surface area contributed by atoms with Crippen molar-refractivity contribution in [3.63, 3.8) is 0 Å². The first-order valence-electron chi connectivity index (χ1n) is 10.5. The van der Waals surface area contributed by atoms with Gasteiger partial charge in [-0.1, -0.05) is 35.9 Å². The Morgan fingerprint density at radius 3 is 2.53 bits per heavy atom. The lowest BCUT2D eigenvalue weighted by Crippen LogP contribution is -2.30. The maximum Gasteiger partial charge on any atom is 0.416 e. The van der Waals surface area contributed by atoms with Crippen LogP contribution in [0.5, 0.6) is 0 Å². The van der Waals surface area contributed by atoms with Gasteiger partial charge in [0.15, 0.2) is 0 Å². The van der Waals surface area contributed by atoms with Crippen LogP contribution in [0.3, 0.4) is 0 Å². The van der Waals surface area contributed by atoms with Gasteiger partial charge in [0.2, 0.25) is 0 Å². The molecule has 5 rings (SSSR count). The molecule has 1 fully saturated rings. The highest BCUT2D eigenvalue weighted by atomic mass is 35.5. The number of nitrogens with zero attached hydrogens (tertiary/aromatic N) is 2. The summed E-state index contributed by atoms with van der Waals surface area (Å²) in [5.41, 5.74) is 2.24. The van der Waals surface area contributed by atoms with E-state index in [1.807, 2.05) is 18.2 Å². The van der Waals surface area contributed by atoms with Crippen LogP contribution in [0.25, 0.3) is 0 Å². The fourth-order valence-electron chi connectivity index (χ4n) is 4.03. The van der Waals surface area contributed by atoms with E-state index in [-0.39, 0.29) is 24.7 Å². The number of amidine groups is 2. The van der Waals surface area contributed by atoms with Gasteiger partial charge in [-0.3, -0.25) is 5.32 Å². The summed E-state index contributed by atoms with van der Waals surface area (Å²) in [4.78, 5) is 9.05. The van der Waals surface area contributed by atoms with Crippen LogP contribution in [0, 0.1) is 0 Å². The maximum atomic E-state index is 12.9. The molecular weight excluding hydrogens is 443 g/mol. The first-order chi connectivity index (χ1) is 15.3. The molecule has 1 N–H and O–H groups in total. The quantitative estimate of drug-likeness (QED) is 0.673. The fraction of sp³-hybridized carbons (Fsp3) is 0.391. The second-order valence-electron chi connectivity index (χ2n) is 8.23. The molecule has 5 nitrogen and oxygen atoms in total. The summed E-state index contributed by atoms with van der Waals surface area (Å²) < 4.78 is 50.0. The van der Waals surface area contributed by atoms with E-state index in [2.05, 4.69) is 15.3 Å². The second kappa shape index (κ2) is 8.31. The van der Waals surface area contributed by atoms with Gasteiger partial charge in [0, 0.05) is 5.02 Å². The Kier molecular flexibility index (Phi) is 5.49. The molecule has 32 heavy (non-hydrogen) atoms. The molecule has 2 heterocycles. The van der Waals surface area contributed by atoms with Crippen molar-refractivity contribution in [2.45, 2.75) is 43.4 Å². The number of ether oxygens (including phenoxy) is 2. The SMILES string of the molecule is FC(F)(F)c1cccc(CC2COC(NC3=NC(c4ccc(Cl)cc4C4CC4)CO3)=N2)c1. The molecule has 3 aliphatic rings. The topological polar surface area (TPSA) is 55.2 Å².